The number of rotatable bonds is 6. The van der Waals surface area contributed by atoms with E-state index in [4.69, 9.17) is 11.6 Å². The first-order valence-electron chi connectivity index (χ1n) is 5.63. The van der Waals surface area contributed by atoms with Crippen molar-refractivity contribution < 1.29 is 4.79 Å². The van der Waals surface area contributed by atoms with Crippen LogP contribution in [0.4, 0.5) is 0 Å². The summed E-state index contributed by atoms with van der Waals surface area (Å²) >= 11 is 10.6. The van der Waals surface area contributed by atoms with Crippen molar-refractivity contribution in [2.24, 2.45) is 0 Å². The second kappa shape index (κ2) is 7.39. The molecule has 0 radical (unpaired) electrons. The maximum Gasteiger partial charge on any atom is 0.263 e. The minimum absolute atomic E-state index is 0.106. The van der Waals surface area contributed by atoms with Crippen LogP contribution in [-0.2, 0) is 0 Å². The summed E-state index contributed by atoms with van der Waals surface area (Å²) in [5.41, 5.74) is 1.12. The van der Waals surface area contributed by atoms with Gasteiger partial charge in [-0.1, -0.05) is 6.42 Å². The standard InChI is InChI=1S/C12H17BrClNOS/c1-9-8-10(17-11(9)13)12(16)15(2)7-5-3-4-6-14/h8H,3-7H2,1-2H3. The molecule has 0 saturated heterocycles. The molecule has 1 aromatic heterocycles. The van der Waals surface area contributed by atoms with E-state index in [-0.39, 0.29) is 5.91 Å². The van der Waals surface area contributed by atoms with E-state index >= 15 is 0 Å². The quantitative estimate of drug-likeness (QED) is 0.559. The Labute approximate surface area is 120 Å². The Morgan fingerprint density at radius 2 is 2.18 bits per heavy atom. The first kappa shape index (κ1) is 15.0. The molecule has 1 heterocycles. The highest BCUT2D eigenvalue weighted by atomic mass is 79.9. The number of carbonyl (C=O) groups is 1. The number of nitrogens with zero attached hydrogens (tertiary/aromatic N) is 1. The molecule has 1 aromatic rings. The number of unbranched alkanes of at least 4 members (excludes halogenated alkanes) is 2. The predicted octanol–water partition coefficient (Wildman–Crippen LogP) is 4.30. The number of alkyl halides is 1. The largest absolute Gasteiger partial charge is 0.341 e. The fraction of sp³-hybridized carbons (Fsp3) is 0.583. The van der Waals surface area contributed by atoms with Crippen LogP contribution in [0.2, 0.25) is 0 Å². The van der Waals surface area contributed by atoms with Gasteiger partial charge in [-0.15, -0.1) is 22.9 Å². The molecule has 0 atom stereocenters. The fourth-order valence-corrected chi connectivity index (χ4v) is 3.19. The lowest BCUT2D eigenvalue weighted by Gasteiger charge is -2.15. The lowest BCUT2D eigenvalue weighted by atomic mass is 10.2. The SMILES string of the molecule is Cc1cc(C(=O)N(C)CCCCCCl)sc1Br. The van der Waals surface area contributed by atoms with E-state index in [1.54, 1.807) is 4.90 Å². The molecule has 1 amide bonds. The summed E-state index contributed by atoms with van der Waals surface area (Å²) in [6.07, 6.45) is 3.11. The van der Waals surface area contributed by atoms with E-state index in [2.05, 4.69) is 15.9 Å². The van der Waals surface area contributed by atoms with Crippen molar-refractivity contribution in [3.05, 3.63) is 20.3 Å². The molecule has 96 valence electrons. The summed E-state index contributed by atoms with van der Waals surface area (Å²) in [5, 5.41) is 0. The van der Waals surface area contributed by atoms with Crippen molar-refractivity contribution in [1.82, 2.24) is 4.90 Å². The summed E-state index contributed by atoms with van der Waals surface area (Å²) < 4.78 is 1.04. The number of hydrogen-bond donors (Lipinski definition) is 0. The topological polar surface area (TPSA) is 20.3 Å². The minimum atomic E-state index is 0.106. The number of thiophene rings is 1. The summed E-state index contributed by atoms with van der Waals surface area (Å²) in [5.74, 6) is 0.809. The Balaban J connectivity index is 2.46. The molecule has 0 aliphatic rings. The van der Waals surface area contributed by atoms with Crippen LogP contribution in [-0.4, -0.2) is 30.3 Å². The van der Waals surface area contributed by atoms with Crippen LogP contribution in [0.1, 0.15) is 34.5 Å². The molecule has 5 heteroatoms. The van der Waals surface area contributed by atoms with Crippen molar-refractivity contribution in [3.8, 4) is 0 Å². The molecular weight excluding hydrogens is 322 g/mol. The third-order valence-electron chi connectivity index (χ3n) is 2.54. The van der Waals surface area contributed by atoms with Crippen molar-refractivity contribution in [2.75, 3.05) is 19.5 Å². The third-order valence-corrected chi connectivity index (χ3v) is 4.93. The maximum atomic E-state index is 12.1. The third kappa shape index (κ3) is 4.60. The van der Waals surface area contributed by atoms with Crippen molar-refractivity contribution >= 4 is 44.8 Å². The zero-order valence-electron chi connectivity index (χ0n) is 10.1. The van der Waals surface area contributed by atoms with Gasteiger partial charge in [-0.05, 0) is 47.3 Å². The van der Waals surface area contributed by atoms with Crippen molar-refractivity contribution in [3.63, 3.8) is 0 Å². The maximum absolute atomic E-state index is 12.1. The van der Waals surface area contributed by atoms with E-state index < -0.39 is 0 Å². The van der Waals surface area contributed by atoms with Gasteiger partial charge in [0.2, 0.25) is 0 Å². The first-order valence-corrected chi connectivity index (χ1v) is 7.78. The molecule has 2 nitrogen and oxygen atoms in total. The first-order chi connectivity index (χ1) is 8.06. The molecule has 0 saturated carbocycles. The molecule has 0 unspecified atom stereocenters. The van der Waals surface area contributed by atoms with Crippen molar-refractivity contribution in [1.29, 1.82) is 0 Å². The Hall–Kier alpha value is -0.0600. The van der Waals surface area contributed by atoms with E-state index in [0.717, 1.165) is 40.0 Å². The van der Waals surface area contributed by atoms with Gasteiger partial charge in [0, 0.05) is 19.5 Å². The molecule has 0 aromatic carbocycles. The number of halogens is 2. The number of hydrogen-bond acceptors (Lipinski definition) is 2. The summed E-state index contributed by atoms with van der Waals surface area (Å²) in [7, 11) is 1.85. The molecule has 0 aliphatic carbocycles. The molecule has 0 aliphatic heterocycles. The van der Waals surface area contributed by atoms with Crippen LogP contribution in [0.3, 0.4) is 0 Å². The summed E-state index contributed by atoms with van der Waals surface area (Å²) in [4.78, 5) is 14.6. The minimum Gasteiger partial charge on any atom is -0.341 e. The van der Waals surface area contributed by atoms with Gasteiger partial charge >= 0.3 is 0 Å². The van der Waals surface area contributed by atoms with Crippen LogP contribution < -0.4 is 0 Å². The monoisotopic (exact) mass is 337 g/mol. The summed E-state index contributed by atoms with van der Waals surface area (Å²) in [6.45, 7) is 2.79. The molecule has 0 N–H and O–H groups in total. The molecule has 0 fully saturated rings. The van der Waals surface area contributed by atoms with Crippen molar-refractivity contribution in [2.45, 2.75) is 26.2 Å². The highest BCUT2D eigenvalue weighted by Gasteiger charge is 2.15. The zero-order valence-corrected chi connectivity index (χ0v) is 13.3. The van der Waals surface area contributed by atoms with Crippen LogP contribution >= 0.6 is 38.9 Å². The Kier molecular flexibility index (Phi) is 6.52. The molecular formula is C12H17BrClNOS. The van der Waals surface area contributed by atoms with E-state index in [1.165, 1.54) is 11.3 Å². The average Bonchev–Trinajstić information content (AvgIpc) is 2.64. The predicted molar refractivity (Wildman–Crippen MR) is 78.3 cm³/mol. The number of aryl methyl sites for hydroxylation is 1. The fourth-order valence-electron chi connectivity index (χ4n) is 1.48. The van der Waals surface area contributed by atoms with E-state index in [1.807, 2.05) is 20.0 Å². The van der Waals surface area contributed by atoms with Crippen LogP contribution in [0.15, 0.2) is 9.85 Å². The second-order valence-electron chi connectivity index (χ2n) is 4.04. The van der Waals surface area contributed by atoms with Gasteiger partial charge in [0.1, 0.15) is 0 Å². The van der Waals surface area contributed by atoms with Gasteiger partial charge in [0.05, 0.1) is 8.66 Å². The second-order valence-corrected chi connectivity index (χ2v) is 6.79. The van der Waals surface area contributed by atoms with E-state index in [9.17, 15) is 4.79 Å². The van der Waals surface area contributed by atoms with Gasteiger partial charge in [-0.25, -0.2) is 0 Å². The highest BCUT2D eigenvalue weighted by molar-refractivity contribution is 9.11. The number of carbonyl (C=O) groups excluding carboxylic acids is 1. The van der Waals surface area contributed by atoms with E-state index in [0.29, 0.717) is 5.88 Å². The number of amides is 1. The molecule has 1 rings (SSSR count). The van der Waals surface area contributed by atoms with Crippen LogP contribution in [0.5, 0.6) is 0 Å². The van der Waals surface area contributed by atoms with Crippen LogP contribution in [0.25, 0.3) is 0 Å². The Bertz CT molecular complexity index is 361. The normalized spacial score (nSPS) is 10.6. The van der Waals surface area contributed by atoms with Gasteiger partial charge in [-0.2, -0.15) is 0 Å². The molecule has 0 bridgehead atoms. The van der Waals surface area contributed by atoms with Gasteiger partial charge in [0.15, 0.2) is 0 Å². The van der Waals surface area contributed by atoms with Crippen LogP contribution in [0, 0.1) is 6.92 Å². The smallest absolute Gasteiger partial charge is 0.263 e. The Morgan fingerprint density at radius 1 is 1.47 bits per heavy atom. The highest BCUT2D eigenvalue weighted by Crippen LogP contribution is 2.28. The average molecular weight is 339 g/mol. The Morgan fingerprint density at radius 3 is 2.71 bits per heavy atom. The molecule has 0 spiro atoms. The zero-order chi connectivity index (χ0) is 12.8. The lowest BCUT2D eigenvalue weighted by molar-refractivity contribution is 0.0797. The van der Waals surface area contributed by atoms with Gasteiger partial charge in [0.25, 0.3) is 5.91 Å². The lowest BCUT2D eigenvalue weighted by Crippen LogP contribution is -2.27. The molecule has 17 heavy (non-hydrogen) atoms. The van der Waals surface area contributed by atoms with Gasteiger partial charge in [-0.3, -0.25) is 4.79 Å². The summed E-state index contributed by atoms with van der Waals surface area (Å²) in [6, 6.07) is 1.94. The van der Waals surface area contributed by atoms with Gasteiger partial charge < -0.3 is 4.90 Å².